The van der Waals surface area contributed by atoms with Gasteiger partial charge in [0, 0.05) is 38.6 Å². The van der Waals surface area contributed by atoms with Gasteiger partial charge < -0.3 is 20.4 Å². The Bertz CT molecular complexity index is 610. The average Bonchev–Trinajstić information content (AvgIpc) is 2.66. The molecule has 2 N–H and O–H groups in total. The van der Waals surface area contributed by atoms with Crippen molar-refractivity contribution in [3.05, 3.63) is 63.0 Å². The Kier molecular flexibility index (Phi) is 11.2. The van der Waals surface area contributed by atoms with Crippen LogP contribution in [0.2, 0.25) is 0 Å². The highest BCUT2D eigenvalue weighted by Gasteiger charge is 2.14. The van der Waals surface area contributed by atoms with E-state index in [0.717, 1.165) is 24.3 Å². The number of amides is 4. The largest absolute Gasteiger partial charge is 0.351 e. The SMILES string of the molecule is C=CC(=O)N/C=C/N(CCN(CCNC(=O)C=C)C(=O)C=C)C(=O)C=C. The molecule has 0 heterocycles. The van der Waals surface area contributed by atoms with E-state index in [1.807, 2.05) is 0 Å². The molecule has 4 amide bonds. The van der Waals surface area contributed by atoms with Crippen molar-refractivity contribution in [2.45, 2.75) is 0 Å². The molecule has 140 valence electrons. The van der Waals surface area contributed by atoms with Crippen LogP contribution in [0.1, 0.15) is 0 Å². The lowest BCUT2D eigenvalue weighted by atomic mass is 10.3. The Morgan fingerprint density at radius 3 is 1.92 bits per heavy atom. The van der Waals surface area contributed by atoms with Crippen LogP contribution in [0.4, 0.5) is 0 Å². The molecule has 0 fully saturated rings. The van der Waals surface area contributed by atoms with E-state index in [1.54, 1.807) is 0 Å². The third kappa shape index (κ3) is 9.02. The first-order valence-corrected chi connectivity index (χ1v) is 7.73. The van der Waals surface area contributed by atoms with E-state index in [-0.39, 0.29) is 38.0 Å². The topological polar surface area (TPSA) is 98.8 Å². The third-order valence-corrected chi connectivity index (χ3v) is 3.09. The number of rotatable bonds is 12. The van der Waals surface area contributed by atoms with Gasteiger partial charge in [0.25, 0.3) is 0 Å². The maximum atomic E-state index is 11.9. The lowest BCUT2D eigenvalue weighted by Crippen LogP contribution is -2.42. The zero-order valence-electron chi connectivity index (χ0n) is 14.6. The Morgan fingerprint density at radius 2 is 1.38 bits per heavy atom. The number of hydrogen-bond donors (Lipinski definition) is 2. The van der Waals surface area contributed by atoms with Gasteiger partial charge in [0.15, 0.2) is 0 Å². The molecule has 0 unspecified atom stereocenters. The summed E-state index contributed by atoms with van der Waals surface area (Å²) in [6.07, 6.45) is 7.13. The monoisotopic (exact) mass is 360 g/mol. The third-order valence-electron chi connectivity index (χ3n) is 3.09. The maximum absolute atomic E-state index is 11.9. The summed E-state index contributed by atoms with van der Waals surface area (Å²) < 4.78 is 0. The molecule has 0 aromatic rings. The summed E-state index contributed by atoms with van der Waals surface area (Å²) in [7, 11) is 0. The lowest BCUT2D eigenvalue weighted by molar-refractivity contribution is -0.128. The predicted octanol–water partition coefficient (Wildman–Crippen LogP) is 0.0912. The van der Waals surface area contributed by atoms with Crippen LogP contribution in [0.3, 0.4) is 0 Å². The van der Waals surface area contributed by atoms with Crippen LogP contribution < -0.4 is 10.6 Å². The van der Waals surface area contributed by atoms with E-state index in [9.17, 15) is 19.2 Å². The van der Waals surface area contributed by atoms with Crippen LogP contribution in [0.25, 0.3) is 0 Å². The first kappa shape index (κ1) is 22.6. The van der Waals surface area contributed by atoms with E-state index < -0.39 is 11.8 Å². The van der Waals surface area contributed by atoms with Crippen LogP contribution >= 0.6 is 0 Å². The summed E-state index contributed by atoms with van der Waals surface area (Å²) in [6, 6.07) is 0. The molecule has 0 aliphatic carbocycles. The van der Waals surface area contributed by atoms with Gasteiger partial charge in [-0.2, -0.15) is 0 Å². The van der Waals surface area contributed by atoms with Crippen molar-refractivity contribution in [2.75, 3.05) is 26.2 Å². The van der Waals surface area contributed by atoms with Gasteiger partial charge in [0.1, 0.15) is 0 Å². The van der Waals surface area contributed by atoms with Gasteiger partial charge in [-0.15, -0.1) is 0 Å². The molecule has 0 radical (unpaired) electrons. The summed E-state index contributed by atoms with van der Waals surface area (Å²) in [6.45, 7) is 14.3. The van der Waals surface area contributed by atoms with Crippen molar-refractivity contribution in [1.82, 2.24) is 20.4 Å². The molecule has 8 nitrogen and oxygen atoms in total. The van der Waals surface area contributed by atoms with Gasteiger partial charge in [-0.1, -0.05) is 26.3 Å². The highest BCUT2D eigenvalue weighted by atomic mass is 16.2. The second-order valence-corrected chi connectivity index (χ2v) is 4.79. The van der Waals surface area contributed by atoms with Crippen molar-refractivity contribution in [3.8, 4) is 0 Å². The quantitative estimate of drug-likeness (QED) is 0.482. The molecule has 0 spiro atoms. The number of nitrogens with one attached hydrogen (secondary N) is 2. The summed E-state index contributed by atoms with van der Waals surface area (Å²) in [5.74, 6) is -1.51. The average molecular weight is 360 g/mol. The van der Waals surface area contributed by atoms with E-state index in [1.165, 1.54) is 22.2 Å². The number of hydrogen-bond acceptors (Lipinski definition) is 4. The van der Waals surface area contributed by atoms with Crippen molar-refractivity contribution in [3.63, 3.8) is 0 Å². The van der Waals surface area contributed by atoms with E-state index in [4.69, 9.17) is 0 Å². The smallest absolute Gasteiger partial charge is 0.250 e. The van der Waals surface area contributed by atoms with Crippen molar-refractivity contribution < 1.29 is 19.2 Å². The molecule has 0 saturated carbocycles. The number of nitrogens with zero attached hydrogens (tertiary/aromatic N) is 2. The van der Waals surface area contributed by atoms with Gasteiger partial charge in [-0.25, -0.2) is 0 Å². The van der Waals surface area contributed by atoms with Crippen molar-refractivity contribution in [1.29, 1.82) is 0 Å². The summed E-state index contributed by atoms with van der Waals surface area (Å²) in [5.41, 5.74) is 0. The summed E-state index contributed by atoms with van der Waals surface area (Å²) in [5, 5.41) is 4.96. The summed E-state index contributed by atoms with van der Waals surface area (Å²) >= 11 is 0. The van der Waals surface area contributed by atoms with Crippen LogP contribution in [0.5, 0.6) is 0 Å². The highest BCUT2D eigenvalue weighted by molar-refractivity contribution is 5.89. The van der Waals surface area contributed by atoms with Gasteiger partial charge in [0.2, 0.25) is 23.6 Å². The van der Waals surface area contributed by atoms with E-state index in [2.05, 4.69) is 36.9 Å². The molecule has 0 aromatic heterocycles. The van der Waals surface area contributed by atoms with E-state index >= 15 is 0 Å². The van der Waals surface area contributed by atoms with E-state index in [0.29, 0.717) is 0 Å². The fraction of sp³-hybridized carbons (Fsp3) is 0.222. The second-order valence-electron chi connectivity index (χ2n) is 4.79. The van der Waals surface area contributed by atoms with Gasteiger partial charge >= 0.3 is 0 Å². The van der Waals surface area contributed by atoms with Crippen LogP contribution in [-0.4, -0.2) is 59.6 Å². The Balaban J connectivity index is 4.86. The number of carbonyl (C=O) groups excluding carboxylic acids is 4. The van der Waals surface area contributed by atoms with Gasteiger partial charge in [0.05, 0.1) is 0 Å². The molecule has 0 rings (SSSR count). The standard InChI is InChI=1S/C18H24N4O4/c1-5-15(23)19-9-11-21(17(25)7-3)13-14-22(18(26)8-4)12-10-20-16(24)6-2/h5-9,11H,1-4,10,12-14H2,(H,19,23)(H,20,24)/b11-9+. The fourth-order valence-electron chi connectivity index (χ4n) is 1.72. The Labute approximate surface area is 153 Å². The molecule has 0 aliphatic heterocycles. The Morgan fingerprint density at radius 1 is 0.769 bits per heavy atom. The Hall–Kier alpha value is -3.42. The molecule has 0 atom stereocenters. The molecule has 26 heavy (non-hydrogen) atoms. The first-order valence-electron chi connectivity index (χ1n) is 7.73. The molecule has 0 bridgehead atoms. The molecule has 0 aromatic carbocycles. The van der Waals surface area contributed by atoms with Gasteiger partial charge in [-0.05, 0) is 24.3 Å². The first-order chi connectivity index (χ1) is 12.4. The van der Waals surface area contributed by atoms with Crippen molar-refractivity contribution in [2.24, 2.45) is 0 Å². The summed E-state index contributed by atoms with van der Waals surface area (Å²) in [4.78, 5) is 48.8. The maximum Gasteiger partial charge on any atom is 0.250 e. The van der Waals surface area contributed by atoms with Crippen LogP contribution in [0.15, 0.2) is 63.0 Å². The van der Waals surface area contributed by atoms with Gasteiger partial charge in [-0.3, -0.25) is 19.2 Å². The molecular weight excluding hydrogens is 336 g/mol. The lowest BCUT2D eigenvalue weighted by Gasteiger charge is -2.25. The van der Waals surface area contributed by atoms with Crippen molar-refractivity contribution >= 4 is 23.6 Å². The van der Waals surface area contributed by atoms with Crippen LogP contribution in [0, 0.1) is 0 Å². The molecule has 0 aliphatic rings. The minimum atomic E-state index is -0.423. The van der Waals surface area contributed by atoms with Crippen LogP contribution in [-0.2, 0) is 19.2 Å². The molecule has 0 saturated heterocycles. The molecular formula is C18H24N4O4. The minimum absolute atomic E-state index is 0.153. The predicted molar refractivity (Wildman–Crippen MR) is 99.4 cm³/mol. The highest BCUT2D eigenvalue weighted by Crippen LogP contribution is 1.97. The normalized spacial score (nSPS) is 9.69. The zero-order valence-corrected chi connectivity index (χ0v) is 14.6. The minimum Gasteiger partial charge on any atom is -0.351 e. The molecule has 8 heteroatoms. The zero-order chi connectivity index (χ0) is 19.9. The second kappa shape index (κ2) is 12.9. The fourth-order valence-corrected chi connectivity index (χ4v) is 1.72. The number of carbonyl (C=O) groups is 4.